The second-order valence-corrected chi connectivity index (χ2v) is 21.1. The average molecular weight is 758 g/mol. The van der Waals surface area contributed by atoms with Gasteiger partial charge in [-0.25, -0.2) is 0 Å². The number of aliphatic hydroxyl groups is 3. The third-order valence-corrected chi connectivity index (χ3v) is 18.2. The number of hydrogen-bond acceptors (Lipinski definition) is 8. The van der Waals surface area contributed by atoms with E-state index in [0.29, 0.717) is 4.90 Å². The summed E-state index contributed by atoms with van der Waals surface area (Å²) in [4.78, 5) is 45.1. The van der Waals surface area contributed by atoms with Crippen LogP contribution in [0.4, 0.5) is 0 Å². The normalized spacial score (nSPS) is 23.6. The summed E-state index contributed by atoms with van der Waals surface area (Å²) in [5.41, 5.74) is -4.36. The number of fused-ring (bicyclic) bond motifs is 1. The van der Waals surface area contributed by atoms with Crippen molar-refractivity contribution in [3.63, 3.8) is 0 Å². The fraction of sp³-hybridized carbons (Fsp3) is 0.250. The summed E-state index contributed by atoms with van der Waals surface area (Å²) < 4.78 is 6.88. The molecule has 6 atom stereocenters. The van der Waals surface area contributed by atoms with Crippen LogP contribution in [0, 0.1) is 6.92 Å². The number of nitrogens with zero attached hydrogens (tertiary/aromatic N) is 1. The highest BCUT2D eigenvalue weighted by Gasteiger charge is 2.68. The van der Waals surface area contributed by atoms with E-state index in [1.54, 1.807) is 30.3 Å². The van der Waals surface area contributed by atoms with Crippen molar-refractivity contribution in [3.05, 3.63) is 162 Å². The number of hydrogen-bond donors (Lipinski definition) is 3. The zero-order valence-corrected chi connectivity index (χ0v) is 32.3. The highest BCUT2D eigenvalue weighted by Crippen LogP contribution is 2.48. The van der Waals surface area contributed by atoms with E-state index < -0.39 is 65.7 Å². The number of thioether (sulfide) groups is 1. The van der Waals surface area contributed by atoms with E-state index in [0.717, 1.165) is 32.6 Å². The number of ketones is 1. The van der Waals surface area contributed by atoms with Crippen LogP contribution in [-0.2, 0) is 4.74 Å². The predicted octanol–water partition coefficient (Wildman–Crippen LogP) is 5.42. The minimum absolute atomic E-state index is 0.0559. The Balaban J connectivity index is 1.47. The van der Waals surface area contributed by atoms with Crippen LogP contribution in [0.5, 0.6) is 0 Å². The highest BCUT2D eigenvalue weighted by atomic mass is 32.2. The van der Waals surface area contributed by atoms with Gasteiger partial charge >= 0.3 is 0 Å². The largest absolute Gasteiger partial charge is 0.393 e. The first-order chi connectivity index (χ1) is 25.8. The van der Waals surface area contributed by atoms with Gasteiger partial charge in [-0.05, 0) is 36.2 Å². The number of ether oxygens (including phenoxy) is 1. The molecule has 8 nitrogen and oxygen atoms in total. The number of amides is 2. The number of carbonyl (C=O) groups excluding carboxylic acids is 3. The summed E-state index contributed by atoms with van der Waals surface area (Å²) in [5, 5.41) is 40.3. The van der Waals surface area contributed by atoms with Gasteiger partial charge in [-0.3, -0.25) is 19.3 Å². The maximum atomic E-state index is 15.0. The quantitative estimate of drug-likeness (QED) is 0.104. The topological polar surface area (TPSA) is 124 Å². The van der Waals surface area contributed by atoms with Gasteiger partial charge in [0.25, 0.3) is 11.8 Å². The molecular formula is C44H43NO7SSi. The molecule has 1 fully saturated rings. The molecule has 10 heteroatoms. The molecule has 0 radical (unpaired) electrons. The standard InChI is InChI=1S/C44H43NO7SSi/c1-28-24-26-30(27-25-28)53-42-36(45-39(48)33-22-14-15-23-34(33)40(45)49)44(51,37(46)29-16-8-5-9-17-29)38(47)35(52-42)41(50)54(43(2,3)4,31-18-10-6-11-19-31)32-20-12-7-13-21-32/h5-27,35-36,38,41-42,47,50-51H,1-4H3/t35-,36+,38+,41?,42-,44-/m0/s1. The molecule has 0 aromatic heterocycles. The summed E-state index contributed by atoms with van der Waals surface area (Å²) in [7, 11) is -3.53. The summed E-state index contributed by atoms with van der Waals surface area (Å²) in [5.74, 6) is -2.36. The van der Waals surface area contributed by atoms with Gasteiger partial charge in [-0.1, -0.05) is 164 Å². The zero-order chi connectivity index (χ0) is 38.4. The van der Waals surface area contributed by atoms with Crippen LogP contribution in [0.3, 0.4) is 0 Å². The molecular weight excluding hydrogens is 715 g/mol. The number of carbonyl (C=O) groups is 3. The molecule has 54 heavy (non-hydrogen) atoms. The molecule has 5 aromatic carbocycles. The maximum Gasteiger partial charge on any atom is 0.262 e. The van der Waals surface area contributed by atoms with Gasteiger partial charge in [0.15, 0.2) is 19.5 Å². The molecule has 7 rings (SSSR count). The second-order valence-electron chi connectivity index (χ2n) is 15.1. The van der Waals surface area contributed by atoms with E-state index in [-0.39, 0.29) is 16.7 Å². The Kier molecular flexibility index (Phi) is 10.1. The number of aryl methyl sites for hydroxylation is 1. The SMILES string of the molecule is Cc1ccc(S[C@@H]2O[C@H](C(O)[Si](c3ccccc3)(c3ccccc3)C(C)(C)C)[C@@H](O)[C@@](O)(C(=O)c3ccccc3)[C@@H]2N2C(=O)c3ccccc3C2=O)cc1. The van der Waals surface area contributed by atoms with E-state index in [2.05, 4.69) is 0 Å². The van der Waals surface area contributed by atoms with Crippen molar-refractivity contribution >= 4 is 47.8 Å². The van der Waals surface area contributed by atoms with Crippen molar-refractivity contribution < 1.29 is 34.4 Å². The fourth-order valence-corrected chi connectivity index (χ4v) is 15.4. The lowest BCUT2D eigenvalue weighted by atomic mass is 9.76. The lowest BCUT2D eigenvalue weighted by molar-refractivity contribution is -0.217. The Morgan fingerprint density at radius 3 is 1.70 bits per heavy atom. The number of rotatable bonds is 9. The van der Waals surface area contributed by atoms with Crippen LogP contribution in [0.2, 0.25) is 5.04 Å². The molecule has 0 bridgehead atoms. The minimum atomic E-state index is -3.53. The van der Waals surface area contributed by atoms with E-state index in [4.69, 9.17) is 4.74 Å². The third-order valence-electron chi connectivity index (χ3n) is 10.9. The second kappa shape index (κ2) is 14.5. The van der Waals surface area contributed by atoms with Crippen molar-refractivity contribution in [2.24, 2.45) is 0 Å². The summed E-state index contributed by atoms with van der Waals surface area (Å²) in [6.07, 6.45) is -3.67. The van der Waals surface area contributed by atoms with Crippen molar-refractivity contribution in [2.75, 3.05) is 0 Å². The molecule has 2 heterocycles. The number of benzene rings is 5. The predicted molar refractivity (Wildman–Crippen MR) is 212 cm³/mol. The Hall–Kier alpha value is -4.68. The van der Waals surface area contributed by atoms with Gasteiger partial charge in [0.05, 0.1) is 16.9 Å². The van der Waals surface area contributed by atoms with E-state index in [9.17, 15) is 29.7 Å². The van der Waals surface area contributed by atoms with Crippen LogP contribution >= 0.6 is 11.8 Å². The molecule has 2 amide bonds. The van der Waals surface area contributed by atoms with Crippen molar-refractivity contribution in [1.29, 1.82) is 0 Å². The Bertz CT molecular complexity index is 2090. The summed E-state index contributed by atoms with van der Waals surface area (Å²) >= 11 is 1.11. The first kappa shape index (κ1) is 37.6. The molecule has 0 aliphatic carbocycles. The van der Waals surface area contributed by atoms with Gasteiger partial charge in [0.1, 0.15) is 23.7 Å². The van der Waals surface area contributed by atoms with E-state index in [1.165, 1.54) is 24.3 Å². The van der Waals surface area contributed by atoms with Crippen LogP contribution in [-0.4, -0.2) is 80.9 Å². The Labute approximate surface area is 320 Å². The Morgan fingerprint density at radius 1 is 0.759 bits per heavy atom. The molecule has 0 spiro atoms. The fourth-order valence-electron chi connectivity index (χ4n) is 8.36. The van der Waals surface area contributed by atoms with Crippen molar-refractivity contribution in [3.8, 4) is 0 Å². The van der Waals surface area contributed by atoms with Crippen LogP contribution in [0.25, 0.3) is 0 Å². The number of imide groups is 1. The van der Waals surface area contributed by atoms with Crippen LogP contribution in [0.1, 0.15) is 57.4 Å². The van der Waals surface area contributed by atoms with Crippen LogP contribution < -0.4 is 10.4 Å². The molecule has 1 unspecified atom stereocenters. The molecule has 2 aliphatic heterocycles. The third kappa shape index (κ3) is 6.07. The molecule has 1 saturated heterocycles. The summed E-state index contributed by atoms with van der Waals surface area (Å²) in [6.45, 7) is 8.06. The highest BCUT2D eigenvalue weighted by molar-refractivity contribution is 7.99. The van der Waals surface area contributed by atoms with Crippen molar-refractivity contribution in [2.45, 2.75) is 72.6 Å². The average Bonchev–Trinajstić information content (AvgIpc) is 3.43. The van der Waals surface area contributed by atoms with Gasteiger partial charge < -0.3 is 20.1 Å². The van der Waals surface area contributed by atoms with Crippen LogP contribution in [0.15, 0.2) is 144 Å². The van der Waals surface area contributed by atoms with E-state index >= 15 is 0 Å². The molecule has 3 N–H and O–H groups in total. The first-order valence-corrected chi connectivity index (χ1v) is 20.9. The van der Waals surface area contributed by atoms with Gasteiger partial charge in [0, 0.05) is 10.5 Å². The lowest BCUT2D eigenvalue weighted by Gasteiger charge is -2.56. The van der Waals surface area contributed by atoms with Gasteiger partial charge in [-0.2, -0.15) is 0 Å². The lowest BCUT2D eigenvalue weighted by Crippen LogP contribution is -2.81. The van der Waals surface area contributed by atoms with Gasteiger partial charge in [-0.15, -0.1) is 0 Å². The first-order valence-electron chi connectivity index (χ1n) is 18.0. The molecule has 276 valence electrons. The monoisotopic (exact) mass is 757 g/mol. The zero-order valence-electron chi connectivity index (χ0n) is 30.5. The van der Waals surface area contributed by atoms with Crippen molar-refractivity contribution in [1.82, 2.24) is 4.90 Å². The smallest absolute Gasteiger partial charge is 0.262 e. The molecule has 2 aliphatic rings. The molecule has 5 aromatic rings. The summed E-state index contributed by atoms with van der Waals surface area (Å²) in [6, 6.07) is 39.3. The number of Topliss-reactive ketones (excluding diaryl/α,β-unsaturated/α-hetero) is 1. The maximum absolute atomic E-state index is 15.0. The number of aliphatic hydroxyl groups excluding tert-OH is 2. The van der Waals surface area contributed by atoms with Gasteiger partial charge in [0.2, 0.25) is 0 Å². The molecule has 0 saturated carbocycles. The minimum Gasteiger partial charge on any atom is -0.393 e. The van der Waals surface area contributed by atoms with E-state index in [1.807, 2.05) is 113 Å². The Morgan fingerprint density at radius 2 is 1.22 bits per heavy atom.